The first-order chi connectivity index (χ1) is 17.9. The van der Waals surface area contributed by atoms with Gasteiger partial charge >= 0.3 is 5.97 Å². The Bertz CT molecular complexity index is 1530. The normalized spacial score (nSPS) is 11.7. The Morgan fingerprint density at radius 2 is 1.68 bits per heavy atom. The number of methoxy groups -OCH3 is 1. The summed E-state index contributed by atoms with van der Waals surface area (Å²) in [7, 11) is 1.58. The topological polar surface area (TPSA) is 113 Å². The fraction of sp³-hybridized carbons (Fsp3) is 0.143. The molecular weight excluding hydrogens is 476 g/mol. The number of anilines is 1. The number of pyridine rings is 1. The van der Waals surface area contributed by atoms with Crippen molar-refractivity contribution in [3.05, 3.63) is 77.9 Å². The minimum atomic E-state index is -0.680. The molecule has 0 radical (unpaired) electrons. The molecule has 9 nitrogen and oxygen atoms in total. The number of ether oxygens (including phenoxy) is 4. The molecule has 0 fully saturated rings. The smallest absolute Gasteiger partial charge is 0.339 e. The molecule has 186 valence electrons. The van der Waals surface area contributed by atoms with Gasteiger partial charge in [0.1, 0.15) is 5.75 Å². The number of benzene rings is 3. The summed E-state index contributed by atoms with van der Waals surface area (Å²) in [5, 5.41) is 3.21. The molecule has 0 atom stereocenters. The Labute approximate surface area is 211 Å². The van der Waals surface area contributed by atoms with Gasteiger partial charge in [0.05, 0.1) is 29.6 Å². The maximum absolute atomic E-state index is 13.1. The van der Waals surface area contributed by atoms with Crippen LogP contribution in [0.1, 0.15) is 27.6 Å². The van der Waals surface area contributed by atoms with Crippen molar-refractivity contribution in [3.63, 3.8) is 0 Å². The van der Waals surface area contributed by atoms with Crippen LogP contribution in [0.2, 0.25) is 0 Å². The monoisotopic (exact) mass is 498 g/mol. The second-order valence-electron chi connectivity index (χ2n) is 8.23. The van der Waals surface area contributed by atoms with Crippen LogP contribution in [-0.4, -0.2) is 43.2 Å². The number of amides is 1. The maximum atomic E-state index is 13.1. The summed E-state index contributed by atoms with van der Waals surface area (Å²) in [5.41, 5.74) is 2.75. The maximum Gasteiger partial charge on any atom is 0.339 e. The molecule has 0 unspecified atom stereocenters. The summed E-state index contributed by atoms with van der Waals surface area (Å²) in [6.45, 7) is 0.849. The number of esters is 1. The third-order valence-corrected chi connectivity index (χ3v) is 5.82. The van der Waals surface area contributed by atoms with Gasteiger partial charge in [0.2, 0.25) is 6.79 Å². The number of hydrogen-bond donors (Lipinski definition) is 1. The molecule has 0 saturated heterocycles. The van der Waals surface area contributed by atoms with Gasteiger partial charge in [0.25, 0.3) is 5.91 Å². The molecule has 2 heterocycles. The van der Waals surface area contributed by atoms with Crippen molar-refractivity contribution in [2.75, 3.05) is 25.8 Å². The van der Waals surface area contributed by atoms with Crippen LogP contribution in [0.3, 0.4) is 0 Å². The van der Waals surface area contributed by atoms with E-state index in [-0.39, 0.29) is 29.4 Å². The number of carbonyl (C=O) groups is 3. The van der Waals surface area contributed by atoms with Crippen molar-refractivity contribution in [2.24, 2.45) is 0 Å². The van der Waals surface area contributed by atoms with Gasteiger partial charge in [0, 0.05) is 22.6 Å². The van der Waals surface area contributed by atoms with E-state index in [2.05, 4.69) is 10.3 Å². The van der Waals surface area contributed by atoms with Gasteiger partial charge in [-0.15, -0.1) is 0 Å². The van der Waals surface area contributed by atoms with Crippen LogP contribution in [0.5, 0.6) is 17.2 Å². The van der Waals surface area contributed by atoms with Gasteiger partial charge in [0.15, 0.2) is 23.9 Å². The van der Waals surface area contributed by atoms with E-state index in [0.29, 0.717) is 33.8 Å². The standard InChI is InChI=1S/C28H22N2O7/c1-16(31)20-12-25-26(37-15-36-25)13-24(20)30-27(32)14-35-28(33)21-11-23(17-7-9-18(34-2)10-8-17)29-22-6-4-3-5-19(21)22/h3-13H,14-15H2,1-2H3,(H,30,32). The SMILES string of the molecule is COc1ccc(-c2cc(C(=O)OCC(=O)Nc3cc4c(cc3C(C)=O)OCO4)c3ccccc3n2)cc1. The largest absolute Gasteiger partial charge is 0.497 e. The highest BCUT2D eigenvalue weighted by Crippen LogP contribution is 2.37. The number of fused-ring (bicyclic) bond motifs is 2. The predicted molar refractivity (Wildman–Crippen MR) is 135 cm³/mol. The van der Waals surface area contributed by atoms with E-state index in [1.807, 2.05) is 18.2 Å². The Morgan fingerprint density at radius 3 is 2.41 bits per heavy atom. The molecule has 0 aliphatic carbocycles. The van der Waals surface area contributed by atoms with Crippen molar-refractivity contribution in [2.45, 2.75) is 6.92 Å². The Kier molecular flexibility index (Phi) is 6.42. The fourth-order valence-corrected chi connectivity index (χ4v) is 3.99. The molecule has 3 aromatic carbocycles. The summed E-state index contributed by atoms with van der Waals surface area (Å²) in [5.74, 6) is -0.0200. The molecule has 1 N–H and O–H groups in total. The number of ketones is 1. The van der Waals surface area contributed by atoms with Crippen LogP contribution in [-0.2, 0) is 9.53 Å². The average molecular weight is 498 g/mol. The van der Waals surface area contributed by atoms with Gasteiger partial charge in [-0.1, -0.05) is 18.2 Å². The number of nitrogens with zero attached hydrogens (tertiary/aromatic N) is 1. The van der Waals surface area contributed by atoms with Crippen LogP contribution < -0.4 is 19.5 Å². The summed E-state index contributed by atoms with van der Waals surface area (Å²) in [6, 6.07) is 19.1. The molecule has 37 heavy (non-hydrogen) atoms. The fourth-order valence-electron chi connectivity index (χ4n) is 3.99. The molecule has 1 aliphatic rings. The third-order valence-electron chi connectivity index (χ3n) is 5.82. The van der Waals surface area contributed by atoms with Gasteiger partial charge in [-0.25, -0.2) is 9.78 Å². The van der Waals surface area contributed by atoms with E-state index in [1.54, 1.807) is 43.5 Å². The average Bonchev–Trinajstić information content (AvgIpc) is 3.38. The molecule has 9 heteroatoms. The lowest BCUT2D eigenvalue weighted by Crippen LogP contribution is -2.22. The van der Waals surface area contributed by atoms with Crippen LogP contribution in [0.25, 0.3) is 22.2 Å². The number of carbonyl (C=O) groups excluding carboxylic acids is 3. The van der Waals surface area contributed by atoms with Crippen LogP contribution in [0.15, 0.2) is 66.7 Å². The molecular formula is C28H22N2O7. The van der Waals surface area contributed by atoms with E-state index in [9.17, 15) is 14.4 Å². The van der Waals surface area contributed by atoms with Gasteiger partial charge < -0.3 is 24.3 Å². The zero-order chi connectivity index (χ0) is 25.9. The first kappa shape index (κ1) is 23.8. The summed E-state index contributed by atoms with van der Waals surface area (Å²) in [6.07, 6.45) is 0. The highest BCUT2D eigenvalue weighted by atomic mass is 16.7. The molecule has 5 rings (SSSR count). The van der Waals surface area contributed by atoms with Crippen molar-refractivity contribution in [3.8, 4) is 28.5 Å². The number of hydrogen-bond acceptors (Lipinski definition) is 8. The Balaban J connectivity index is 1.36. The lowest BCUT2D eigenvalue weighted by Gasteiger charge is -2.12. The van der Waals surface area contributed by atoms with Gasteiger partial charge in [-0.3, -0.25) is 9.59 Å². The van der Waals surface area contributed by atoms with Crippen molar-refractivity contribution < 1.29 is 33.3 Å². The number of para-hydroxylation sites is 1. The number of Topliss-reactive ketones (excluding diaryl/α,β-unsaturated/α-hetero) is 1. The molecule has 0 saturated carbocycles. The quantitative estimate of drug-likeness (QED) is 0.290. The Hall–Kier alpha value is -4.92. The number of rotatable bonds is 7. The lowest BCUT2D eigenvalue weighted by atomic mass is 10.0. The molecule has 0 bridgehead atoms. The number of nitrogens with one attached hydrogen (secondary N) is 1. The second-order valence-corrected chi connectivity index (χ2v) is 8.23. The third kappa shape index (κ3) is 4.92. The van der Waals surface area contributed by atoms with E-state index < -0.39 is 18.5 Å². The van der Waals surface area contributed by atoms with Gasteiger partial charge in [-0.2, -0.15) is 0 Å². The molecule has 1 aromatic heterocycles. The zero-order valence-corrected chi connectivity index (χ0v) is 20.1. The first-order valence-electron chi connectivity index (χ1n) is 11.4. The summed E-state index contributed by atoms with van der Waals surface area (Å²) in [4.78, 5) is 42.5. The minimum Gasteiger partial charge on any atom is -0.497 e. The second kappa shape index (κ2) is 9.98. The van der Waals surface area contributed by atoms with E-state index in [1.165, 1.54) is 19.1 Å². The first-order valence-corrected chi connectivity index (χ1v) is 11.4. The van der Waals surface area contributed by atoms with Crippen molar-refractivity contribution in [1.29, 1.82) is 0 Å². The Morgan fingerprint density at radius 1 is 0.946 bits per heavy atom. The number of aromatic nitrogens is 1. The zero-order valence-electron chi connectivity index (χ0n) is 20.1. The van der Waals surface area contributed by atoms with E-state index >= 15 is 0 Å². The van der Waals surface area contributed by atoms with E-state index in [4.69, 9.17) is 18.9 Å². The van der Waals surface area contributed by atoms with Crippen LogP contribution >= 0.6 is 0 Å². The highest BCUT2D eigenvalue weighted by Gasteiger charge is 2.21. The summed E-state index contributed by atoms with van der Waals surface area (Å²) >= 11 is 0. The highest BCUT2D eigenvalue weighted by molar-refractivity contribution is 6.07. The molecule has 1 aliphatic heterocycles. The predicted octanol–water partition coefficient (Wildman–Crippen LogP) is 4.64. The summed E-state index contributed by atoms with van der Waals surface area (Å²) < 4.78 is 21.2. The van der Waals surface area contributed by atoms with Gasteiger partial charge in [-0.05, 0) is 49.4 Å². The van der Waals surface area contributed by atoms with Crippen molar-refractivity contribution in [1.82, 2.24) is 4.98 Å². The van der Waals surface area contributed by atoms with Crippen molar-refractivity contribution >= 4 is 34.3 Å². The van der Waals surface area contributed by atoms with E-state index in [0.717, 1.165) is 5.56 Å². The molecule has 4 aromatic rings. The molecule has 1 amide bonds. The minimum absolute atomic E-state index is 0.0279. The molecule has 0 spiro atoms. The van der Waals surface area contributed by atoms with Crippen LogP contribution in [0, 0.1) is 0 Å². The lowest BCUT2D eigenvalue weighted by molar-refractivity contribution is -0.119. The van der Waals surface area contributed by atoms with Crippen LogP contribution in [0.4, 0.5) is 5.69 Å².